The maximum atomic E-state index is 12.9. The van der Waals surface area contributed by atoms with Gasteiger partial charge >= 0.3 is 5.91 Å². The molecule has 4 rings (SSSR count). The number of fused-ring (bicyclic) bond motifs is 1. The average Bonchev–Trinajstić information content (AvgIpc) is 3.45. The number of aromatic carboxylic acids is 1. The van der Waals surface area contributed by atoms with Gasteiger partial charge in [-0.1, -0.05) is 18.2 Å². The van der Waals surface area contributed by atoms with Crippen molar-refractivity contribution in [1.82, 2.24) is 0 Å². The topological polar surface area (TPSA) is 130 Å². The second-order valence-electron chi connectivity index (χ2n) is 6.53. The first kappa shape index (κ1) is 19.9. The van der Waals surface area contributed by atoms with Crippen LogP contribution in [0, 0.1) is 0 Å². The lowest BCUT2D eigenvalue weighted by atomic mass is 10.1. The summed E-state index contributed by atoms with van der Waals surface area (Å²) in [6, 6.07) is 13.7. The number of nitrogens with one attached hydrogen (secondary N) is 1. The van der Waals surface area contributed by atoms with Crippen LogP contribution in [0.3, 0.4) is 0 Å². The van der Waals surface area contributed by atoms with Gasteiger partial charge in [0, 0.05) is 12.1 Å². The molecular weight excluding hydrogens is 404 g/mol. The molecule has 31 heavy (non-hydrogen) atoms. The predicted octanol–water partition coefficient (Wildman–Crippen LogP) is 1.83. The number of carboxylic acids is 1. The third-order valence-corrected chi connectivity index (χ3v) is 4.40. The molecule has 0 bridgehead atoms. The number of hydrogen-bond acceptors (Lipinski definition) is 7. The molecule has 2 amide bonds. The Kier molecular flexibility index (Phi) is 5.48. The van der Waals surface area contributed by atoms with Gasteiger partial charge in [0.15, 0.2) is 17.3 Å². The fourth-order valence-electron chi connectivity index (χ4n) is 2.92. The lowest BCUT2D eigenvalue weighted by molar-refractivity contribution is -0.255. The Morgan fingerprint density at radius 2 is 1.84 bits per heavy atom. The van der Waals surface area contributed by atoms with Crippen LogP contribution in [0.15, 0.2) is 70.3 Å². The molecule has 1 aromatic heterocycles. The molecule has 3 aromatic rings. The average molecular weight is 419 g/mol. The van der Waals surface area contributed by atoms with Gasteiger partial charge in [0.1, 0.15) is 5.71 Å². The van der Waals surface area contributed by atoms with Crippen molar-refractivity contribution >= 4 is 29.2 Å². The summed E-state index contributed by atoms with van der Waals surface area (Å²) in [5.41, 5.74) is 0.683. The van der Waals surface area contributed by atoms with E-state index in [4.69, 9.17) is 13.9 Å². The molecule has 0 atom stereocenters. The van der Waals surface area contributed by atoms with E-state index in [0.717, 1.165) is 0 Å². The summed E-state index contributed by atoms with van der Waals surface area (Å²) in [6.45, 7) is 0.103. The van der Waals surface area contributed by atoms with E-state index in [1.54, 1.807) is 18.2 Å². The first-order valence-electron chi connectivity index (χ1n) is 9.16. The Balaban J connectivity index is 1.61. The minimum atomic E-state index is -1.38. The highest BCUT2D eigenvalue weighted by molar-refractivity contribution is 6.45. The molecule has 9 nitrogen and oxygen atoms in total. The zero-order valence-electron chi connectivity index (χ0n) is 16.0. The molecular formula is C22H15N2O7-. The number of hydrogen-bond donors (Lipinski definition) is 1. The fraction of sp³-hybridized carbons (Fsp3) is 0.0909. The van der Waals surface area contributed by atoms with Gasteiger partial charge < -0.3 is 29.1 Å². The standard InChI is InChI=1S/C22H16N2O7/c25-20(23-15-4-1-3-14(11-15)22(27)28)16(24-21(26)18-5-2-8-29-18)9-13-6-7-17-19(10-13)31-12-30-17/h1-8,10-11H,9,12H2,(H,23,25)(H,27,28)/p-1. The van der Waals surface area contributed by atoms with Crippen molar-refractivity contribution in [1.29, 1.82) is 0 Å². The molecule has 156 valence electrons. The number of ether oxygens (including phenoxy) is 2. The number of anilines is 1. The zero-order chi connectivity index (χ0) is 21.8. The van der Waals surface area contributed by atoms with Gasteiger partial charge in [0.05, 0.1) is 12.2 Å². The molecule has 0 fully saturated rings. The Hall–Kier alpha value is -4.40. The van der Waals surface area contributed by atoms with E-state index in [1.165, 1.54) is 42.7 Å². The van der Waals surface area contributed by atoms with Gasteiger partial charge in [-0.25, -0.2) is 4.99 Å². The minimum Gasteiger partial charge on any atom is -0.545 e. The van der Waals surface area contributed by atoms with Crippen molar-refractivity contribution in [2.75, 3.05) is 12.1 Å². The van der Waals surface area contributed by atoms with E-state index in [9.17, 15) is 19.5 Å². The summed E-state index contributed by atoms with van der Waals surface area (Å²) in [6.07, 6.45) is 1.33. The van der Waals surface area contributed by atoms with Gasteiger partial charge in [-0.15, -0.1) is 0 Å². The number of furan rings is 1. The highest BCUT2D eigenvalue weighted by atomic mass is 16.7. The SMILES string of the molecule is O=C(Nc1cccc(C(=O)[O-])c1)C(Cc1ccc2c(c1)OCO2)=NC(=O)c1ccco1. The summed E-state index contributed by atoms with van der Waals surface area (Å²) in [4.78, 5) is 40.3. The number of rotatable bonds is 6. The summed E-state index contributed by atoms with van der Waals surface area (Å²) >= 11 is 0. The second kappa shape index (κ2) is 8.54. The Morgan fingerprint density at radius 3 is 2.61 bits per heavy atom. The van der Waals surface area contributed by atoms with Crippen LogP contribution in [-0.2, 0) is 11.2 Å². The number of carbonyl (C=O) groups excluding carboxylic acids is 3. The maximum absolute atomic E-state index is 12.9. The van der Waals surface area contributed by atoms with Crippen molar-refractivity contribution in [3.8, 4) is 11.5 Å². The normalized spacial score (nSPS) is 12.5. The smallest absolute Gasteiger partial charge is 0.313 e. The summed E-state index contributed by atoms with van der Waals surface area (Å²) in [5.74, 6) is -1.69. The van der Waals surface area contributed by atoms with E-state index in [0.29, 0.717) is 17.1 Å². The molecule has 0 aliphatic carbocycles. The van der Waals surface area contributed by atoms with Crippen LogP contribution in [0.5, 0.6) is 11.5 Å². The number of nitrogens with zero attached hydrogens (tertiary/aromatic N) is 1. The molecule has 1 N–H and O–H groups in total. The summed E-state index contributed by atoms with van der Waals surface area (Å²) < 4.78 is 15.7. The third kappa shape index (κ3) is 4.61. The first-order chi connectivity index (χ1) is 15.0. The summed E-state index contributed by atoms with van der Waals surface area (Å²) in [5, 5.41) is 13.6. The van der Waals surface area contributed by atoms with E-state index >= 15 is 0 Å². The van der Waals surface area contributed by atoms with Crippen LogP contribution in [0.4, 0.5) is 5.69 Å². The van der Waals surface area contributed by atoms with E-state index < -0.39 is 17.8 Å². The maximum Gasteiger partial charge on any atom is 0.313 e. The van der Waals surface area contributed by atoms with Crippen molar-refractivity contribution in [3.05, 3.63) is 77.7 Å². The largest absolute Gasteiger partial charge is 0.545 e. The molecule has 2 heterocycles. The molecule has 0 saturated carbocycles. The molecule has 1 aliphatic rings. The number of benzene rings is 2. The number of carboxylic acid groups (broad SMARTS) is 1. The van der Waals surface area contributed by atoms with Crippen molar-refractivity contribution < 1.29 is 33.4 Å². The van der Waals surface area contributed by atoms with Crippen molar-refractivity contribution in [3.63, 3.8) is 0 Å². The molecule has 9 heteroatoms. The number of amides is 2. The van der Waals surface area contributed by atoms with Crippen LogP contribution in [0.1, 0.15) is 26.5 Å². The lowest BCUT2D eigenvalue weighted by Crippen LogP contribution is -2.27. The molecule has 0 radical (unpaired) electrons. The van der Waals surface area contributed by atoms with Crippen molar-refractivity contribution in [2.24, 2.45) is 4.99 Å². The Morgan fingerprint density at radius 1 is 1.00 bits per heavy atom. The second-order valence-corrected chi connectivity index (χ2v) is 6.53. The Labute approximate surface area is 175 Å². The fourth-order valence-corrected chi connectivity index (χ4v) is 2.92. The monoisotopic (exact) mass is 419 g/mol. The van der Waals surface area contributed by atoms with Crippen LogP contribution in [0.25, 0.3) is 0 Å². The quantitative estimate of drug-likeness (QED) is 0.603. The first-order valence-corrected chi connectivity index (χ1v) is 9.16. The van der Waals surface area contributed by atoms with E-state index in [2.05, 4.69) is 10.3 Å². The van der Waals surface area contributed by atoms with Gasteiger partial charge in [-0.05, 0) is 47.5 Å². The molecule has 2 aromatic carbocycles. The zero-order valence-corrected chi connectivity index (χ0v) is 16.0. The third-order valence-electron chi connectivity index (χ3n) is 4.40. The molecule has 0 saturated heterocycles. The van der Waals surface area contributed by atoms with Gasteiger partial charge in [-0.3, -0.25) is 9.59 Å². The predicted molar refractivity (Wildman–Crippen MR) is 106 cm³/mol. The van der Waals surface area contributed by atoms with Crippen LogP contribution >= 0.6 is 0 Å². The van der Waals surface area contributed by atoms with Gasteiger partial charge in [0.25, 0.3) is 5.91 Å². The molecule has 1 aliphatic heterocycles. The van der Waals surface area contributed by atoms with Gasteiger partial charge in [0.2, 0.25) is 6.79 Å². The Bertz CT molecular complexity index is 1180. The van der Waals surface area contributed by atoms with Crippen LogP contribution < -0.4 is 19.9 Å². The summed E-state index contributed by atoms with van der Waals surface area (Å²) in [7, 11) is 0. The van der Waals surface area contributed by atoms with Gasteiger partial charge in [-0.2, -0.15) is 0 Å². The number of aliphatic imine (C=N–C) groups is 1. The van der Waals surface area contributed by atoms with Crippen LogP contribution in [0.2, 0.25) is 0 Å². The highest BCUT2D eigenvalue weighted by Crippen LogP contribution is 2.32. The van der Waals surface area contributed by atoms with Crippen LogP contribution in [-0.4, -0.2) is 30.3 Å². The number of carbonyl (C=O) groups is 3. The van der Waals surface area contributed by atoms with Crippen molar-refractivity contribution in [2.45, 2.75) is 6.42 Å². The molecule has 0 spiro atoms. The van der Waals surface area contributed by atoms with E-state index in [-0.39, 0.29) is 35.9 Å². The van der Waals surface area contributed by atoms with E-state index in [1.807, 2.05) is 0 Å². The molecule has 0 unspecified atom stereocenters. The lowest BCUT2D eigenvalue weighted by Gasteiger charge is -2.10. The highest BCUT2D eigenvalue weighted by Gasteiger charge is 2.19. The minimum absolute atomic E-state index is 0.00903.